The Morgan fingerprint density at radius 3 is 2.88 bits per heavy atom. The third-order valence-electron chi connectivity index (χ3n) is 4.64. The minimum absolute atomic E-state index is 0.121. The molecule has 1 saturated carbocycles. The summed E-state index contributed by atoms with van der Waals surface area (Å²) < 4.78 is 1.99. The first-order chi connectivity index (χ1) is 12.5. The molecule has 1 unspecified atom stereocenters. The molecule has 4 rings (SSSR count). The Morgan fingerprint density at radius 2 is 2.15 bits per heavy atom. The molecule has 6 nitrogen and oxygen atoms in total. The predicted molar refractivity (Wildman–Crippen MR) is 103 cm³/mol. The van der Waals surface area contributed by atoms with E-state index in [1.165, 1.54) is 11.8 Å². The summed E-state index contributed by atoms with van der Waals surface area (Å²) in [5.74, 6) is 0.209. The van der Waals surface area contributed by atoms with Gasteiger partial charge in [0.1, 0.15) is 0 Å². The fourth-order valence-electron chi connectivity index (χ4n) is 3.24. The largest absolute Gasteiger partial charge is 0.324 e. The van der Waals surface area contributed by atoms with Gasteiger partial charge in [-0.05, 0) is 38.8 Å². The number of thioether (sulfide) groups is 1. The molecule has 1 aromatic carbocycles. The van der Waals surface area contributed by atoms with Crippen LogP contribution in [0.15, 0.2) is 35.4 Å². The predicted octanol–water partition coefficient (Wildman–Crippen LogP) is 3.78. The molecule has 136 valence electrons. The van der Waals surface area contributed by atoms with Crippen LogP contribution in [0.5, 0.6) is 0 Å². The number of fused-ring (bicyclic) bond motifs is 1. The number of benzene rings is 1. The van der Waals surface area contributed by atoms with E-state index in [2.05, 4.69) is 29.6 Å². The number of nitrogens with zero attached hydrogens (tertiary/aromatic N) is 2. The molecule has 1 aromatic heterocycles. The molecule has 7 heteroatoms. The highest BCUT2D eigenvalue weighted by molar-refractivity contribution is 8.01. The minimum Gasteiger partial charge on any atom is -0.324 e. The smallest absolute Gasteiger partial charge is 0.238 e. The summed E-state index contributed by atoms with van der Waals surface area (Å²) >= 11 is 1.44. The summed E-state index contributed by atoms with van der Waals surface area (Å²) in [6.07, 6.45) is 4.15. The SMILES string of the molecule is CC(C)n1ncc(NC(=O)CC2Sc3ccccc3NC2=O)c1C1CC1. The number of anilines is 2. The maximum atomic E-state index is 12.6. The van der Waals surface area contributed by atoms with Crippen molar-refractivity contribution in [3.8, 4) is 0 Å². The molecule has 0 radical (unpaired) electrons. The van der Waals surface area contributed by atoms with Gasteiger partial charge in [0.2, 0.25) is 11.8 Å². The van der Waals surface area contributed by atoms with Gasteiger partial charge in [0.05, 0.1) is 28.5 Å². The second-order valence-corrected chi connectivity index (χ2v) is 8.34. The standard InChI is InChI=1S/C19H22N4O2S/c1-11(2)23-18(12-7-8-12)14(10-20-23)21-17(24)9-16-19(25)22-13-5-3-4-6-15(13)26-16/h3-6,10-12,16H,7-9H2,1-2H3,(H,21,24)(H,22,25). The van der Waals surface area contributed by atoms with Crippen LogP contribution in [-0.4, -0.2) is 26.8 Å². The van der Waals surface area contributed by atoms with Crippen molar-refractivity contribution in [3.63, 3.8) is 0 Å². The average Bonchev–Trinajstić information content (AvgIpc) is 3.35. The molecule has 0 saturated heterocycles. The minimum atomic E-state index is -0.422. The normalized spacial score (nSPS) is 19.2. The molecule has 26 heavy (non-hydrogen) atoms. The quantitative estimate of drug-likeness (QED) is 0.840. The summed E-state index contributed by atoms with van der Waals surface area (Å²) in [4.78, 5) is 25.9. The van der Waals surface area contributed by atoms with Gasteiger partial charge in [-0.2, -0.15) is 5.10 Å². The molecular weight excluding hydrogens is 348 g/mol. The van der Waals surface area contributed by atoms with Crippen LogP contribution >= 0.6 is 11.8 Å². The molecule has 1 fully saturated rings. The molecule has 1 atom stereocenters. The van der Waals surface area contributed by atoms with Crippen molar-refractivity contribution >= 4 is 35.0 Å². The molecule has 0 bridgehead atoms. The highest BCUT2D eigenvalue weighted by atomic mass is 32.2. The van der Waals surface area contributed by atoms with Crippen molar-refractivity contribution in [1.29, 1.82) is 0 Å². The van der Waals surface area contributed by atoms with E-state index >= 15 is 0 Å². The Hall–Kier alpha value is -2.28. The van der Waals surface area contributed by atoms with Gasteiger partial charge in [-0.1, -0.05) is 12.1 Å². The number of hydrogen-bond donors (Lipinski definition) is 2. The molecule has 0 spiro atoms. The van der Waals surface area contributed by atoms with Gasteiger partial charge in [-0.15, -0.1) is 11.8 Å². The summed E-state index contributed by atoms with van der Waals surface area (Å²) in [6.45, 7) is 4.18. The van der Waals surface area contributed by atoms with Crippen molar-refractivity contribution in [2.75, 3.05) is 10.6 Å². The van der Waals surface area contributed by atoms with Crippen LogP contribution in [0.4, 0.5) is 11.4 Å². The fraction of sp³-hybridized carbons (Fsp3) is 0.421. The lowest BCUT2D eigenvalue weighted by Crippen LogP contribution is -2.32. The number of amides is 2. The molecule has 2 amide bonds. The topological polar surface area (TPSA) is 76.0 Å². The van der Waals surface area contributed by atoms with E-state index in [0.717, 1.165) is 34.8 Å². The van der Waals surface area contributed by atoms with Crippen LogP contribution in [0.3, 0.4) is 0 Å². The Balaban J connectivity index is 1.46. The van der Waals surface area contributed by atoms with E-state index in [0.29, 0.717) is 5.92 Å². The maximum absolute atomic E-state index is 12.6. The zero-order valence-corrected chi connectivity index (χ0v) is 15.7. The average molecular weight is 370 g/mol. The third kappa shape index (κ3) is 3.35. The van der Waals surface area contributed by atoms with E-state index in [9.17, 15) is 9.59 Å². The van der Waals surface area contributed by atoms with Crippen LogP contribution in [0.2, 0.25) is 0 Å². The molecule has 2 N–H and O–H groups in total. The zero-order chi connectivity index (χ0) is 18.3. The number of carbonyl (C=O) groups excluding carboxylic acids is 2. The summed E-state index contributed by atoms with van der Waals surface area (Å²) in [5, 5.41) is 9.88. The van der Waals surface area contributed by atoms with Crippen LogP contribution in [0.25, 0.3) is 0 Å². The number of carbonyl (C=O) groups is 2. The molecule has 2 aromatic rings. The Kier molecular flexibility index (Phi) is 4.48. The number of rotatable bonds is 5. The van der Waals surface area contributed by atoms with Gasteiger partial charge in [0.25, 0.3) is 0 Å². The second kappa shape index (κ2) is 6.79. The first-order valence-electron chi connectivity index (χ1n) is 8.96. The lowest BCUT2D eigenvalue weighted by Gasteiger charge is -2.23. The van der Waals surface area contributed by atoms with Crippen LogP contribution < -0.4 is 10.6 Å². The first kappa shape index (κ1) is 17.1. The zero-order valence-electron chi connectivity index (χ0n) is 14.9. The van der Waals surface area contributed by atoms with Crippen LogP contribution in [-0.2, 0) is 9.59 Å². The van der Waals surface area contributed by atoms with Gasteiger partial charge >= 0.3 is 0 Å². The van der Waals surface area contributed by atoms with Crippen LogP contribution in [0.1, 0.15) is 50.8 Å². The van der Waals surface area contributed by atoms with E-state index in [1.807, 2.05) is 28.9 Å². The second-order valence-electron chi connectivity index (χ2n) is 7.10. The highest BCUT2D eigenvalue weighted by Gasteiger charge is 2.33. The Morgan fingerprint density at radius 1 is 1.38 bits per heavy atom. The highest BCUT2D eigenvalue weighted by Crippen LogP contribution is 2.44. The first-order valence-corrected chi connectivity index (χ1v) is 9.84. The van der Waals surface area contributed by atoms with E-state index in [1.54, 1.807) is 6.20 Å². The monoisotopic (exact) mass is 370 g/mol. The summed E-state index contributed by atoms with van der Waals surface area (Å²) in [7, 11) is 0. The number of aromatic nitrogens is 2. The van der Waals surface area contributed by atoms with Crippen molar-refractivity contribution in [2.24, 2.45) is 0 Å². The van der Waals surface area contributed by atoms with Gasteiger partial charge in [-0.25, -0.2) is 0 Å². The van der Waals surface area contributed by atoms with Gasteiger partial charge in [0.15, 0.2) is 0 Å². The molecule has 1 aliphatic carbocycles. The van der Waals surface area contributed by atoms with Crippen molar-refractivity contribution in [1.82, 2.24) is 9.78 Å². The lowest BCUT2D eigenvalue weighted by molar-refractivity contribution is -0.120. The number of para-hydroxylation sites is 1. The Labute approximate surface area is 156 Å². The van der Waals surface area contributed by atoms with Gasteiger partial charge in [-0.3, -0.25) is 14.3 Å². The van der Waals surface area contributed by atoms with Gasteiger partial charge < -0.3 is 10.6 Å². The molecule has 2 aliphatic rings. The van der Waals surface area contributed by atoms with Crippen molar-refractivity contribution in [2.45, 2.75) is 55.2 Å². The van der Waals surface area contributed by atoms with E-state index in [-0.39, 0.29) is 24.3 Å². The van der Waals surface area contributed by atoms with Crippen molar-refractivity contribution in [3.05, 3.63) is 36.2 Å². The third-order valence-corrected chi connectivity index (χ3v) is 5.91. The van der Waals surface area contributed by atoms with E-state index in [4.69, 9.17) is 0 Å². The van der Waals surface area contributed by atoms with Gasteiger partial charge in [0, 0.05) is 23.3 Å². The Bertz CT molecular complexity index is 857. The summed E-state index contributed by atoms with van der Waals surface area (Å²) in [5.41, 5.74) is 2.71. The molecule has 2 heterocycles. The molecule has 1 aliphatic heterocycles. The van der Waals surface area contributed by atoms with Crippen LogP contribution in [0, 0.1) is 0 Å². The number of hydrogen-bond acceptors (Lipinski definition) is 4. The molecular formula is C19H22N4O2S. The number of nitrogens with one attached hydrogen (secondary N) is 2. The summed E-state index contributed by atoms with van der Waals surface area (Å²) in [6, 6.07) is 7.91. The van der Waals surface area contributed by atoms with E-state index < -0.39 is 5.25 Å². The maximum Gasteiger partial charge on any atom is 0.238 e. The lowest BCUT2D eigenvalue weighted by atomic mass is 10.2. The van der Waals surface area contributed by atoms with Crippen molar-refractivity contribution < 1.29 is 9.59 Å². The fourth-order valence-corrected chi connectivity index (χ4v) is 4.35.